The van der Waals surface area contributed by atoms with Gasteiger partial charge in [0.15, 0.2) is 0 Å². The van der Waals surface area contributed by atoms with Crippen molar-refractivity contribution < 1.29 is 8.83 Å². The number of para-hydroxylation sites is 2. The lowest BCUT2D eigenvalue weighted by molar-refractivity contribution is 0.668. The molecule has 9 aromatic rings. The van der Waals surface area contributed by atoms with Gasteiger partial charge in [-0.2, -0.15) is 0 Å². The van der Waals surface area contributed by atoms with Crippen molar-refractivity contribution >= 4 is 43.9 Å². The van der Waals surface area contributed by atoms with Gasteiger partial charge in [-0.1, -0.05) is 115 Å². The minimum absolute atomic E-state index is 0.885. The molecule has 0 atom stereocenters. The zero-order chi connectivity index (χ0) is 29.0. The van der Waals surface area contributed by atoms with E-state index in [1.807, 2.05) is 18.2 Å². The molecule has 0 fully saturated rings. The molecule has 0 aliphatic carbocycles. The van der Waals surface area contributed by atoms with Gasteiger partial charge in [0, 0.05) is 27.1 Å². The SMILES string of the molecule is c1ccc(-c2cccc(-c3ccccc3-c3cc(-c4ccc5oc6ccccc6c5c4)c4oc5ccccc5c4c3)c2)cc1. The molecule has 0 saturated carbocycles. The lowest BCUT2D eigenvalue weighted by Crippen LogP contribution is -1.88. The Hall–Kier alpha value is -5.86. The largest absolute Gasteiger partial charge is 0.456 e. The number of hydrogen-bond donors (Lipinski definition) is 0. The van der Waals surface area contributed by atoms with Crippen LogP contribution in [0, 0.1) is 0 Å². The van der Waals surface area contributed by atoms with Crippen molar-refractivity contribution in [2.24, 2.45) is 0 Å². The van der Waals surface area contributed by atoms with Gasteiger partial charge in [-0.05, 0) is 81.4 Å². The van der Waals surface area contributed by atoms with Crippen molar-refractivity contribution in [1.29, 1.82) is 0 Å². The standard InChI is InChI=1S/C42H26O2/c1-2-11-27(12-3-1)28-13-10-14-29(23-28)32-15-4-5-16-33(32)31-25-36(42-38(26-31)35-18-7-9-20-40(35)44-42)30-21-22-41-37(24-30)34-17-6-8-19-39(34)43-41/h1-26H. The monoisotopic (exact) mass is 562 g/mol. The Morgan fingerprint density at radius 1 is 0.273 bits per heavy atom. The number of furan rings is 2. The number of benzene rings is 7. The van der Waals surface area contributed by atoms with Gasteiger partial charge in [0.25, 0.3) is 0 Å². The minimum Gasteiger partial charge on any atom is -0.456 e. The molecule has 0 bridgehead atoms. The second-order valence-corrected chi connectivity index (χ2v) is 11.3. The summed E-state index contributed by atoms with van der Waals surface area (Å²) in [6.07, 6.45) is 0. The number of fused-ring (bicyclic) bond motifs is 6. The first-order chi connectivity index (χ1) is 21.8. The molecule has 2 heteroatoms. The van der Waals surface area contributed by atoms with Crippen LogP contribution < -0.4 is 0 Å². The van der Waals surface area contributed by atoms with Crippen LogP contribution in [0.1, 0.15) is 0 Å². The molecule has 0 aliphatic rings. The molecule has 2 heterocycles. The van der Waals surface area contributed by atoms with Crippen molar-refractivity contribution in [1.82, 2.24) is 0 Å². The fourth-order valence-corrected chi connectivity index (χ4v) is 6.57. The number of hydrogen-bond acceptors (Lipinski definition) is 2. The van der Waals surface area contributed by atoms with Gasteiger partial charge in [0.2, 0.25) is 0 Å². The Morgan fingerprint density at radius 3 is 1.66 bits per heavy atom. The normalized spacial score (nSPS) is 11.6. The maximum Gasteiger partial charge on any atom is 0.143 e. The summed E-state index contributed by atoms with van der Waals surface area (Å²) in [5, 5.41) is 4.44. The molecule has 0 N–H and O–H groups in total. The van der Waals surface area contributed by atoms with Crippen LogP contribution in [-0.2, 0) is 0 Å². The van der Waals surface area contributed by atoms with Crippen LogP contribution in [0.5, 0.6) is 0 Å². The second-order valence-electron chi connectivity index (χ2n) is 11.3. The summed E-state index contributed by atoms with van der Waals surface area (Å²) in [5.41, 5.74) is 12.9. The Kier molecular flexibility index (Phi) is 5.54. The van der Waals surface area contributed by atoms with Gasteiger partial charge in [-0.3, -0.25) is 0 Å². The Morgan fingerprint density at radius 2 is 0.841 bits per heavy atom. The van der Waals surface area contributed by atoms with Crippen molar-refractivity contribution in [2.45, 2.75) is 0 Å². The quantitative estimate of drug-likeness (QED) is 0.213. The molecule has 2 aromatic heterocycles. The molecule has 0 aliphatic heterocycles. The van der Waals surface area contributed by atoms with E-state index in [4.69, 9.17) is 8.83 Å². The fourth-order valence-electron chi connectivity index (χ4n) is 6.57. The molecule has 0 radical (unpaired) electrons. The Labute approximate surface area is 254 Å². The Balaban J connectivity index is 1.29. The summed E-state index contributed by atoms with van der Waals surface area (Å²) in [5.74, 6) is 0. The second kappa shape index (κ2) is 9.86. The Bertz CT molecular complexity index is 2490. The first-order valence-corrected chi connectivity index (χ1v) is 14.9. The molecule has 0 spiro atoms. The highest BCUT2D eigenvalue weighted by Crippen LogP contribution is 2.43. The van der Waals surface area contributed by atoms with E-state index >= 15 is 0 Å². The fraction of sp³-hybridized carbons (Fsp3) is 0. The smallest absolute Gasteiger partial charge is 0.143 e. The van der Waals surface area contributed by atoms with Crippen molar-refractivity contribution in [2.75, 3.05) is 0 Å². The molecule has 0 saturated heterocycles. The van der Waals surface area contributed by atoms with Crippen LogP contribution in [0.4, 0.5) is 0 Å². The molecule has 0 amide bonds. The predicted molar refractivity (Wildman–Crippen MR) is 183 cm³/mol. The van der Waals surface area contributed by atoms with Gasteiger partial charge in [0.05, 0.1) is 0 Å². The van der Waals surface area contributed by atoms with Crippen molar-refractivity contribution in [3.05, 3.63) is 158 Å². The van der Waals surface area contributed by atoms with Crippen LogP contribution in [-0.4, -0.2) is 0 Å². The van der Waals surface area contributed by atoms with Crippen LogP contribution in [0.2, 0.25) is 0 Å². The first-order valence-electron chi connectivity index (χ1n) is 14.9. The van der Waals surface area contributed by atoms with Gasteiger partial charge >= 0.3 is 0 Å². The van der Waals surface area contributed by atoms with E-state index in [-0.39, 0.29) is 0 Å². The lowest BCUT2D eigenvalue weighted by atomic mass is 9.90. The molecular formula is C42H26O2. The van der Waals surface area contributed by atoms with Crippen molar-refractivity contribution in [3.8, 4) is 44.5 Å². The molecular weight excluding hydrogens is 536 g/mol. The molecule has 0 unspecified atom stereocenters. The highest BCUT2D eigenvalue weighted by atomic mass is 16.3. The predicted octanol–water partition coefficient (Wildman–Crippen LogP) is 12.2. The zero-order valence-corrected chi connectivity index (χ0v) is 23.8. The van der Waals surface area contributed by atoms with Gasteiger partial charge < -0.3 is 8.83 Å². The number of rotatable bonds is 4. The molecule has 44 heavy (non-hydrogen) atoms. The molecule has 206 valence electrons. The third kappa shape index (κ3) is 3.96. The van der Waals surface area contributed by atoms with E-state index in [0.29, 0.717) is 0 Å². The minimum atomic E-state index is 0.885. The average Bonchev–Trinajstić information content (AvgIpc) is 3.66. The maximum absolute atomic E-state index is 6.57. The van der Waals surface area contributed by atoms with Crippen LogP contribution in [0.3, 0.4) is 0 Å². The highest BCUT2D eigenvalue weighted by molar-refractivity contribution is 6.13. The van der Waals surface area contributed by atoms with E-state index in [9.17, 15) is 0 Å². The average molecular weight is 563 g/mol. The van der Waals surface area contributed by atoms with E-state index in [1.165, 1.54) is 27.8 Å². The zero-order valence-electron chi connectivity index (χ0n) is 23.8. The summed E-state index contributed by atoms with van der Waals surface area (Å²) in [4.78, 5) is 0. The van der Waals surface area contributed by atoms with Crippen LogP contribution >= 0.6 is 0 Å². The van der Waals surface area contributed by atoms with Gasteiger partial charge in [-0.15, -0.1) is 0 Å². The topological polar surface area (TPSA) is 26.3 Å². The van der Waals surface area contributed by atoms with Crippen LogP contribution in [0.25, 0.3) is 88.4 Å². The highest BCUT2D eigenvalue weighted by Gasteiger charge is 2.18. The van der Waals surface area contributed by atoms with Crippen LogP contribution in [0.15, 0.2) is 167 Å². The summed E-state index contributed by atoms with van der Waals surface area (Å²) in [6.45, 7) is 0. The molecule has 7 aromatic carbocycles. The summed E-state index contributed by atoms with van der Waals surface area (Å²) >= 11 is 0. The van der Waals surface area contributed by atoms with Gasteiger partial charge in [0.1, 0.15) is 22.3 Å². The summed E-state index contributed by atoms with van der Waals surface area (Å²) in [7, 11) is 0. The first kappa shape index (κ1) is 24.7. The van der Waals surface area contributed by atoms with Crippen molar-refractivity contribution in [3.63, 3.8) is 0 Å². The molecule has 9 rings (SSSR count). The van der Waals surface area contributed by atoms with E-state index in [1.54, 1.807) is 0 Å². The summed E-state index contributed by atoms with van der Waals surface area (Å²) < 4.78 is 12.7. The maximum atomic E-state index is 6.57. The third-order valence-electron chi connectivity index (χ3n) is 8.68. The van der Waals surface area contributed by atoms with E-state index in [2.05, 4.69) is 140 Å². The van der Waals surface area contributed by atoms with E-state index in [0.717, 1.165) is 60.6 Å². The lowest BCUT2D eigenvalue weighted by Gasteiger charge is -2.14. The van der Waals surface area contributed by atoms with E-state index < -0.39 is 0 Å². The van der Waals surface area contributed by atoms with Gasteiger partial charge in [-0.25, -0.2) is 0 Å². The molecule has 2 nitrogen and oxygen atoms in total. The third-order valence-corrected chi connectivity index (χ3v) is 8.68. The summed E-state index contributed by atoms with van der Waals surface area (Å²) in [6, 6.07) is 55.7.